The van der Waals surface area contributed by atoms with Crippen LogP contribution in [-0.4, -0.2) is 62.3 Å². The van der Waals surface area contributed by atoms with Gasteiger partial charge in [0.1, 0.15) is 5.52 Å². The molecule has 0 spiro atoms. The maximum atomic E-state index is 12.9. The van der Waals surface area contributed by atoms with E-state index < -0.39 is 0 Å². The first kappa shape index (κ1) is 18.6. The summed E-state index contributed by atoms with van der Waals surface area (Å²) in [6.45, 7) is 4.73. The second kappa shape index (κ2) is 7.99. The molecule has 1 aromatic carbocycles. The van der Waals surface area contributed by atoms with Crippen LogP contribution < -0.4 is 5.43 Å². The fourth-order valence-corrected chi connectivity index (χ4v) is 3.52. The van der Waals surface area contributed by atoms with Crippen LogP contribution in [0.15, 0.2) is 29.2 Å². The van der Waals surface area contributed by atoms with Crippen molar-refractivity contribution in [1.29, 1.82) is 0 Å². The third-order valence-corrected chi connectivity index (χ3v) is 4.80. The zero-order valence-electron chi connectivity index (χ0n) is 15.4. The highest BCUT2D eigenvalue weighted by atomic mass is 16.3. The van der Waals surface area contributed by atoms with Gasteiger partial charge in [0, 0.05) is 38.6 Å². The lowest BCUT2D eigenvalue weighted by atomic mass is 10.1. The van der Waals surface area contributed by atoms with Crippen LogP contribution in [0.3, 0.4) is 0 Å². The third kappa shape index (κ3) is 3.51. The van der Waals surface area contributed by atoms with Gasteiger partial charge in [-0.05, 0) is 25.5 Å². The van der Waals surface area contributed by atoms with Crippen LogP contribution in [0.2, 0.25) is 0 Å². The van der Waals surface area contributed by atoms with Gasteiger partial charge in [-0.25, -0.2) is 0 Å². The minimum Gasteiger partial charge on any atom is -0.395 e. The van der Waals surface area contributed by atoms with E-state index in [2.05, 4.69) is 9.67 Å². The number of aryl methyl sites for hydroxylation is 3. The van der Waals surface area contributed by atoms with Gasteiger partial charge in [0.25, 0.3) is 0 Å². The number of benzene rings is 1. The number of aromatic nitrogens is 3. The number of fused-ring (bicyclic) bond motifs is 2. The first-order valence-corrected chi connectivity index (χ1v) is 8.95. The largest absolute Gasteiger partial charge is 0.395 e. The maximum absolute atomic E-state index is 12.9. The lowest BCUT2D eigenvalue weighted by molar-refractivity contribution is 0.158. The molecule has 2 aromatic heterocycles. The quantitative estimate of drug-likeness (QED) is 0.624. The van der Waals surface area contributed by atoms with Crippen molar-refractivity contribution in [3.05, 3.63) is 40.2 Å². The molecule has 0 saturated heterocycles. The molecular formula is C19H26N4O3. The Balaban J connectivity index is 1.98. The highest BCUT2D eigenvalue weighted by Gasteiger charge is 2.14. The molecule has 0 aliphatic rings. The Morgan fingerprint density at radius 2 is 1.85 bits per heavy atom. The molecular weight excluding hydrogens is 332 g/mol. The first-order valence-electron chi connectivity index (χ1n) is 8.95. The van der Waals surface area contributed by atoms with E-state index in [9.17, 15) is 4.79 Å². The molecule has 0 fully saturated rings. The molecule has 0 atom stereocenters. The van der Waals surface area contributed by atoms with Crippen molar-refractivity contribution in [2.45, 2.75) is 19.9 Å². The number of hydrogen-bond acceptors (Lipinski definition) is 5. The monoisotopic (exact) mass is 358 g/mol. The van der Waals surface area contributed by atoms with Crippen molar-refractivity contribution in [2.24, 2.45) is 7.05 Å². The summed E-state index contributed by atoms with van der Waals surface area (Å²) in [7, 11) is 1.79. The predicted molar refractivity (Wildman–Crippen MR) is 102 cm³/mol. The van der Waals surface area contributed by atoms with Crippen molar-refractivity contribution in [3.8, 4) is 0 Å². The lowest BCUT2D eigenvalue weighted by Crippen LogP contribution is -2.31. The maximum Gasteiger partial charge on any atom is 0.215 e. The molecule has 0 aliphatic heterocycles. The summed E-state index contributed by atoms with van der Waals surface area (Å²) < 4.78 is 3.79. The second-order valence-electron chi connectivity index (χ2n) is 6.65. The number of hydrogen-bond donors (Lipinski definition) is 2. The molecule has 2 N–H and O–H groups in total. The molecule has 0 bridgehead atoms. The van der Waals surface area contributed by atoms with E-state index in [0.717, 1.165) is 36.1 Å². The number of pyridine rings is 1. The Kier molecular flexibility index (Phi) is 5.70. The zero-order chi connectivity index (χ0) is 18.7. The summed E-state index contributed by atoms with van der Waals surface area (Å²) in [5.41, 5.74) is 3.43. The summed E-state index contributed by atoms with van der Waals surface area (Å²) in [4.78, 5) is 14.9. The second-order valence-corrected chi connectivity index (χ2v) is 6.65. The Morgan fingerprint density at radius 3 is 2.54 bits per heavy atom. The number of aliphatic hydroxyl groups is 2. The van der Waals surface area contributed by atoms with Crippen molar-refractivity contribution in [1.82, 2.24) is 19.2 Å². The summed E-state index contributed by atoms with van der Waals surface area (Å²) in [5, 5.41) is 23.3. The van der Waals surface area contributed by atoms with E-state index in [1.807, 2.05) is 30.0 Å². The molecule has 140 valence electrons. The molecule has 3 aromatic rings. The highest BCUT2D eigenvalue weighted by molar-refractivity contribution is 5.92. The molecule has 0 saturated carbocycles. The first-order chi connectivity index (χ1) is 12.6. The summed E-state index contributed by atoms with van der Waals surface area (Å²) in [6, 6.07) is 5.95. The summed E-state index contributed by atoms with van der Waals surface area (Å²) in [6.07, 6.45) is 2.59. The highest BCUT2D eigenvalue weighted by Crippen LogP contribution is 2.20. The third-order valence-electron chi connectivity index (χ3n) is 4.80. The molecule has 26 heavy (non-hydrogen) atoms. The number of rotatable bonds is 8. The Morgan fingerprint density at radius 1 is 1.12 bits per heavy atom. The van der Waals surface area contributed by atoms with Gasteiger partial charge in [0.2, 0.25) is 5.43 Å². The average molecular weight is 358 g/mol. The topological polar surface area (TPSA) is 83.5 Å². The van der Waals surface area contributed by atoms with Crippen LogP contribution in [0.5, 0.6) is 0 Å². The van der Waals surface area contributed by atoms with E-state index >= 15 is 0 Å². The molecule has 7 heteroatoms. The predicted octanol–water partition coefficient (Wildman–Crippen LogP) is 0.873. The van der Waals surface area contributed by atoms with Gasteiger partial charge in [0.05, 0.1) is 30.4 Å². The summed E-state index contributed by atoms with van der Waals surface area (Å²) in [5.74, 6) is 0. The molecule has 0 aliphatic carbocycles. The Hall–Kier alpha value is -2.22. The molecule has 0 radical (unpaired) electrons. The summed E-state index contributed by atoms with van der Waals surface area (Å²) >= 11 is 0. The minimum atomic E-state index is 0.0112. The molecule has 2 heterocycles. The minimum absolute atomic E-state index is 0.0112. The smallest absolute Gasteiger partial charge is 0.215 e. The van der Waals surface area contributed by atoms with E-state index in [1.165, 1.54) is 0 Å². The van der Waals surface area contributed by atoms with E-state index in [1.54, 1.807) is 17.9 Å². The fourth-order valence-electron chi connectivity index (χ4n) is 3.52. The standard InChI is InChI=1S/C19H26N4O3/c1-14-4-5-16-15(12-14)19(26)18-17(13-20-21(18)2)23(16)7-3-6-22(8-10-24)9-11-25/h4-5,12-13,24-25H,3,6-11H2,1-2H3. The van der Waals surface area contributed by atoms with E-state index in [0.29, 0.717) is 24.0 Å². The van der Waals surface area contributed by atoms with E-state index in [4.69, 9.17) is 10.2 Å². The number of aliphatic hydroxyl groups excluding tert-OH is 2. The average Bonchev–Trinajstić information content (AvgIpc) is 3.00. The van der Waals surface area contributed by atoms with Gasteiger partial charge >= 0.3 is 0 Å². The van der Waals surface area contributed by atoms with Gasteiger partial charge < -0.3 is 14.8 Å². The molecule has 0 amide bonds. The fraction of sp³-hybridized carbons (Fsp3) is 0.474. The van der Waals surface area contributed by atoms with Crippen molar-refractivity contribution in [2.75, 3.05) is 32.8 Å². The van der Waals surface area contributed by atoms with E-state index in [-0.39, 0.29) is 18.6 Å². The normalized spacial score (nSPS) is 11.9. The van der Waals surface area contributed by atoms with Crippen LogP contribution in [0.1, 0.15) is 12.0 Å². The van der Waals surface area contributed by atoms with Gasteiger partial charge in [-0.1, -0.05) is 11.6 Å². The van der Waals surface area contributed by atoms with Gasteiger partial charge in [-0.2, -0.15) is 5.10 Å². The van der Waals surface area contributed by atoms with Crippen LogP contribution in [-0.2, 0) is 13.6 Å². The zero-order valence-corrected chi connectivity index (χ0v) is 15.4. The van der Waals surface area contributed by atoms with Crippen LogP contribution >= 0.6 is 0 Å². The lowest BCUT2D eigenvalue weighted by Gasteiger charge is -2.21. The number of nitrogens with zero attached hydrogens (tertiary/aromatic N) is 4. The Labute approximate surface area is 152 Å². The van der Waals surface area contributed by atoms with Crippen LogP contribution in [0.4, 0.5) is 0 Å². The van der Waals surface area contributed by atoms with Crippen molar-refractivity contribution in [3.63, 3.8) is 0 Å². The molecule has 0 unspecified atom stereocenters. The van der Waals surface area contributed by atoms with Crippen molar-refractivity contribution >= 4 is 21.9 Å². The molecule has 7 nitrogen and oxygen atoms in total. The van der Waals surface area contributed by atoms with Crippen LogP contribution in [0.25, 0.3) is 21.9 Å². The van der Waals surface area contributed by atoms with Gasteiger partial charge in [0.15, 0.2) is 0 Å². The SMILES string of the molecule is Cc1ccc2c(c1)c(=O)c1c(cnn1C)n2CCCN(CCO)CCO. The van der Waals surface area contributed by atoms with Crippen molar-refractivity contribution < 1.29 is 10.2 Å². The van der Waals surface area contributed by atoms with Gasteiger partial charge in [-0.15, -0.1) is 0 Å². The Bertz CT molecular complexity index is 955. The molecule has 3 rings (SSSR count). The van der Waals surface area contributed by atoms with Gasteiger partial charge in [-0.3, -0.25) is 14.4 Å². The van der Waals surface area contributed by atoms with Crippen LogP contribution in [0, 0.1) is 6.92 Å².